The van der Waals surface area contributed by atoms with Crippen LogP contribution in [0.1, 0.15) is 35.1 Å². The number of benzene rings is 1. The van der Waals surface area contributed by atoms with E-state index in [2.05, 4.69) is 61.7 Å². The number of nitrogens with one attached hydrogen (secondary N) is 3. The maximum atomic E-state index is 12.4. The van der Waals surface area contributed by atoms with E-state index in [-0.39, 0.29) is 11.8 Å². The maximum Gasteiger partial charge on any atom is 0.282 e. The molecule has 4 heterocycles. The van der Waals surface area contributed by atoms with E-state index in [1.54, 1.807) is 6.20 Å². The number of carbonyl (C=O) groups is 1. The Labute approximate surface area is 200 Å². The van der Waals surface area contributed by atoms with Crippen molar-refractivity contribution in [2.45, 2.75) is 19.8 Å². The fourth-order valence-corrected chi connectivity index (χ4v) is 4.88. The van der Waals surface area contributed by atoms with Crippen LogP contribution in [0.25, 0.3) is 43.8 Å². The summed E-state index contributed by atoms with van der Waals surface area (Å²) in [4.78, 5) is 22.4. The number of H-pyrrole nitrogens is 2. The minimum atomic E-state index is -0.194. The molecule has 1 amide bonds. The number of fused-ring (bicyclic) bond motifs is 2. The van der Waals surface area contributed by atoms with Gasteiger partial charge in [0.05, 0.1) is 11.9 Å². The smallest absolute Gasteiger partial charge is 0.282 e. The molecule has 0 fully saturated rings. The Morgan fingerprint density at radius 3 is 2.82 bits per heavy atom. The molecule has 0 radical (unpaired) electrons. The van der Waals surface area contributed by atoms with Gasteiger partial charge in [0.1, 0.15) is 5.01 Å². The van der Waals surface area contributed by atoms with Gasteiger partial charge in [-0.1, -0.05) is 25.2 Å². The fraction of sp³-hybridized carbons (Fsp3) is 0.292. The summed E-state index contributed by atoms with van der Waals surface area (Å²) in [5, 5.41) is 21.6. The molecule has 0 saturated heterocycles. The molecule has 34 heavy (non-hydrogen) atoms. The first-order chi connectivity index (χ1) is 16.4. The van der Waals surface area contributed by atoms with E-state index >= 15 is 0 Å². The van der Waals surface area contributed by atoms with E-state index in [0.717, 1.165) is 50.3 Å². The summed E-state index contributed by atoms with van der Waals surface area (Å²) in [5.74, 6) is 0.0851. The van der Waals surface area contributed by atoms with E-state index in [9.17, 15) is 4.79 Å². The monoisotopic (exact) mass is 474 g/mol. The van der Waals surface area contributed by atoms with Crippen molar-refractivity contribution in [3.63, 3.8) is 0 Å². The Hall–Kier alpha value is -3.63. The molecule has 5 aromatic rings. The molecule has 0 aliphatic carbocycles. The summed E-state index contributed by atoms with van der Waals surface area (Å²) in [6.45, 7) is 5.71. The van der Waals surface area contributed by atoms with Gasteiger partial charge >= 0.3 is 0 Å². The Bertz CT molecular complexity index is 1480. The molecule has 4 aromatic heterocycles. The molecule has 174 valence electrons. The number of carbonyl (C=O) groups excluding carboxylic acids is 1. The van der Waals surface area contributed by atoms with Gasteiger partial charge in [-0.2, -0.15) is 5.10 Å². The van der Waals surface area contributed by atoms with Gasteiger partial charge in [0.2, 0.25) is 5.01 Å². The molecule has 5 rings (SSSR count). The SMILES string of the molecule is CC(C)c1c(-c2ccnc3[nH]ncc23)[nH]c2ccc(-c3nnc(C(=O)NCCN(C)C)s3)cc12. The average Bonchev–Trinajstić information content (AvgIpc) is 3.55. The molecule has 0 unspecified atom stereocenters. The topological polar surface area (TPSA) is 115 Å². The lowest BCUT2D eigenvalue weighted by Gasteiger charge is -2.09. The zero-order valence-corrected chi connectivity index (χ0v) is 20.3. The van der Waals surface area contributed by atoms with Crippen LogP contribution in [-0.4, -0.2) is 68.4 Å². The van der Waals surface area contributed by atoms with Crippen LogP contribution in [0.5, 0.6) is 0 Å². The van der Waals surface area contributed by atoms with Crippen LogP contribution in [-0.2, 0) is 0 Å². The molecule has 3 N–H and O–H groups in total. The first-order valence-corrected chi connectivity index (χ1v) is 11.9. The standard InChI is InChI=1S/C24H26N8OS/c1-13(2)19-16-11-14(23-30-31-24(34-23)22(33)26-9-10-32(3)4)5-6-18(16)28-20(19)15-7-8-25-21-17(15)12-27-29-21/h5-8,11-13,28H,9-10H2,1-4H3,(H,26,33)(H,25,27,29). The van der Waals surface area contributed by atoms with Gasteiger partial charge in [0.25, 0.3) is 5.91 Å². The second-order valence-electron chi connectivity index (χ2n) is 8.79. The number of aromatic nitrogens is 6. The lowest BCUT2D eigenvalue weighted by Crippen LogP contribution is -2.31. The number of likely N-dealkylation sites (N-methyl/N-ethyl adjacent to an activating group) is 1. The maximum absolute atomic E-state index is 12.4. The van der Waals surface area contributed by atoms with Gasteiger partial charge in [0.15, 0.2) is 5.65 Å². The van der Waals surface area contributed by atoms with Crippen molar-refractivity contribution in [3.8, 4) is 21.8 Å². The molecule has 9 nitrogen and oxygen atoms in total. The fourth-order valence-electron chi connectivity index (χ4n) is 4.13. The average molecular weight is 475 g/mol. The molecule has 0 spiro atoms. The Balaban J connectivity index is 1.52. The number of rotatable bonds is 7. The van der Waals surface area contributed by atoms with Crippen LogP contribution in [0.15, 0.2) is 36.7 Å². The van der Waals surface area contributed by atoms with Gasteiger partial charge in [-0.25, -0.2) is 4.98 Å². The minimum Gasteiger partial charge on any atom is -0.354 e. The summed E-state index contributed by atoms with van der Waals surface area (Å²) in [7, 11) is 3.94. The zero-order valence-electron chi connectivity index (χ0n) is 19.5. The van der Waals surface area contributed by atoms with Crippen molar-refractivity contribution < 1.29 is 4.79 Å². The number of aromatic amines is 2. The highest BCUT2D eigenvalue weighted by molar-refractivity contribution is 7.16. The Morgan fingerprint density at radius 1 is 1.18 bits per heavy atom. The number of pyridine rings is 1. The highest BCUT2D eigenvalue weighted by atomic mass is 32.1. The lowest BCUT2D eigenvalue weighted by molar-refractivity contribution is 0.0950. The van der Waals surface area contributed by atoms with Crippen molar-refractivity contribution >= 4 is 39.2 Å². The molecule has 10 heteroatoms. The summed E-state index contributed by atoms with van der Waals surface area (Å²) in [6.07, 6.45) is 3.61. The van der Waals surface area contributed by atoms with Crippen molar-refractivity contribution in [3.05, 3.63) is 47.2 Å². The molecule has 0 saturated carbocycles. The molecule has 0 bridgehead atoms. The van der Waals surface area contributed by atoms with Gasteiger partial charge in [-0.05, 0) is 49.8 Å². The summed E-state index contributed by atoms with van der Waals surface area (Å²) >= 11 is 1.30. The van der Waals surface area contributed by atoms with Crippen LogP contribution in [0.2, 0.25) is 0 Å². The third-order valence-electron chi connectivity index (χ3n) is 5.75. The van der Waals surface area contributed by atoms with Gasteiger partial charge in [-0.15, -0.1) is 10.2 Å². The third kappa shape index (κ3) is 4.06. The van der Waals surface area contributed by atoms with Crippen molar-refractivity contribution in [2.24, 2.45) is 0 Å². The van der Waals surface area contributed by atoms with E-state index in [1.807, 2.05) is 37.3 Å². The highest BCUT2D eigenvalue weighted by Gasteiger charge is 2.20. The van der Waals surface area contributed by atoms with Crippen LogP contribution in [0, 0.1) is 0 Å². The molecule has 0 aliphatic rings. The molecular weight excluding hydrogens is 448 g/mol. The quantitative estimate of drug-likeness (QED) is 0.328. The molecule has 0 atom stereocenters. The Kier molecular flexibility index (Phi) is 5.84. The van der Waals surface area contributed by atoms with E-state index < -0.39 is 0 Å². The largest absolute Gasteiger partial charge is 0.354 e. The van der Waals surface area contributed by atoms with Crippen LogP contribution in [0.4, 0.5) is 0 Å². The summed E-state index contributed by atoms with van der Waals surface area (Å²) in [6, 6.07) is 8.22. The first-order valence-electron chi connectivity index (χ1n) is 11.1. The predicted octanol–water partition coefficient (Wildman–Crippen LogP) is 4.04. The van der Waals surface area contributed by atoms with Gasteiger partial charge < -0.3 is 15.2 Å². The number of amides is 1. The highest BCUT2D eigenvalue weighted by Crippen LogP contribution is 2.39. The van der Waals surface area contributed by atoms with Crippen molar-refractivity contribution in [2.75, 3.05) is 27.2 Å². The van der Waals surface area contributed by atoms with Crippen LogP contribution in [0.3, 0.4) is 0 Å². The van der Waals surface area contributed by atoms with Gasteiger partial charge in [0, 0.05) is 46.7 Å². The number of hydrogen-bond donors (Lipinski definition) is 3. The van der Waals surface area contributed by atoms with Gasteiger partial charge in [-0.3, -0.25) is 9.89 Å². The summed E-state index contributed by atoms with van der Waals surface area (Å²) < 4.78 is 0. The van der Waals surface area contributed by atoms with Crippen molar-refractivity contribution in [1.82, 2.24) is 40.6 Å². The normalized spacial score (nSPS) is 11.8. The molecular formula is C24H26N8OS. The second kappa shape index (κ2) is 8.96. The minimum absolute atomic E-state index is 0.194. The summed E-state index contributed by atoms with van der Waals surface area (Å²) in [5.41, 5.74) is 6.09. The zero-order chi connectivity index (χ0) is 23.8. The van der Waals surface area contributed by atoms with E-state index in [4.69, 9.17) is 0 Å². The number of nitrogens with zero attached hydrogens (tertiary/aromatic N) is 5. The number of hydrogen-bond acceptors (Lipinski definition) is 7. The van der Waals surface area contributed by atoms with Crippen LogP contribution < -0.4 is 5.32 Å². The third-order valence-corrected chi connectivity index (χ3v) is 6.72. The van der Waals surface area contributed by atoms with Crippen molar-refractivity contribution in [1.29, 1.82) is 0 Å². The van der Waals surface area contributed by atoms with E-state index in [0.29, 0.717) is 11.6 Å². The lowest BCUT2D eigenvalue weighted by atomic mass is 9.95. The molecule has 0 aliphatic heterocycles. The Morgan fingerprint density at radius 2 is 2.03 bits per heavy atom. The molecule has 1 aromatic carbocycles. The van der Waals surface area contributed by atoms with Crippen LogP contribution >= 0.6 is 11.3 Å². The second-order valence-corrected chi connectivity index (χ2v) is 9.77. The predicted molar refractivity (Wildman–Crippen MR) is 135 cm³/mol. The first kappa shape index (κ1) is 22.2. The van der Waals surface area contributed by atoms with E-state index in [1.165, 1.54) is 16.9 Å².